The van der Waals surface area contributed by atoms with Crippen LogP contribution in [0, 0.1) is 39.0 Å². The molecule has 7 nitrogen and oxygen atoms in total. The van der Waals surface area contributed by atoms with Crippen molar-refractivity contribution < 1.29 is 19.1 Å². The number of carbonyl (C=O) groups excluding carboxylic acids is 2. The van der Waals surface area contributed by atoms with E-state index in [-0.39, 0.29) is 11.6 Å². The van der Waals surface area contributed by atoms with Gasteiger partial charge in [0, 0.05) is 24.2 Å². The van der Waals surface area contributed by atoms with Crippen LogP contribution < -0.4 is 5.32 Å². The molecule has 1 aromatic carbocycles. The van der Waals surface area contributed by atoms with E-state index in [0.29, 0.717) is 12.3 Å². The fraction of sp³-hybridized carbons (Fsp3) is 0.375. The van der Waals surface area contributed by atoms with E-state index in [1.54, 1.807) is 13.2 Å². The Balaban J connectivity index is 2.08. The highest BCUT2D eigenvalue weighted by atomic mass is 16.5. The first-order chi connectivity index (χ1) is 14.7. The number of nitrogens with one attached hydrogen (secondary N) is 1. The van der Waals surface area contributed by atoms with E-state index < -0.39 is 18.5 Å². The van der Waals surface area contributed by atoms with Crippen molar-refractivity contribution in [1.29, 1.82) is 5.26 Å². The van der Waals surface area contributed by atoms with E-state index >= 15 is 0 Å². The topological polar surface area (TPSA) is 93.3 Å². The summed E-state index contributed by atoms with van der Waals surface area (Å²) in [6.45, 7) is 9.82. The Kier molecular flexibility index (Phi) is 8.17. The minimum absolute atomic E-state index is 0.110. The van der Waals surface area contributed by atoms with Crippen LogP contribution in [0.2, 0.25) is 0 Å². The molecule has 2 rings (SSSR count). The van der Waals surface area contributed by atoms with Gasteiger partial charge in [-0.05, 0) is 64.0 Å². The number of nitriles is 1. The van der Waals surface area contributed by atoms with Gasteiger partial charge < -0.3 is 19.4 Å². The van der Waals surface area contributed by atoms with Crippen LogP contribution >= 0.6 is 0 Å². The van der Waals surface area contributed by atoms with Gasteiger partial charge in [0.1, 0.15) is 11.6 Å². The normalized spacial score (nSPS) is 12.2. The first kappa shape index (κ1) is 23.9. The van der Waals surface area contributed by atoms with Gasteiger partial charge in [-0.15, -0.1) is 0 Å². The third kappa shape index (κ3) is 6.06. The number of amides is 1. The summed E-state index contributed by atoms with van der Waals surface area (Å²) in [6.07, 6.45) is 1.49. The molecule has 2 aromatic rings. The number of nitrogens with zero attached hydrogens (tertiary/aromatic N) is 2. The number of anilines is 1. The molecule has 0 radical (unpaired) electrons. The summed E-state index contributed by atoms with van der Waals surface area (Å²) in [4.78, 5) is 24.5. The second kappa shape index (κ2) is 10.6. The Morgan fingerprint density at radius 3 is 2.55 bits per heavy atom. The summed E-state index contributed by atoms with van der Waals surface area (Å²) in [5, 5.41) is 12.1. The number of hydrogen-bond acceptors (Lipinski definition) is 5. The molecular formula is C24H29N3O4. The SMILES string of the molecule is COC[C@H](C)n1c(C)cc(/C=C(\C#N)C(=O)OCC(=O)Nc2ccc(C)cc2C)c1C. The van der Waals surface area contributed by atoms with Gasteiger partial charge in [0.25, 0.3) is 5.91 Å². The summed E-state index contributed by atoms with van der Waals surface area (Å²) in [6, 6.07) is 9.51. The molecule has 1 atom stereocenters. The molecule has 1 amide bonds. The molecule has 0 unspecified atom stereocenters. The molecule has 0 aliphatic carbocycles. The minimum atomic E-state index is -0.840. The summed E-state index contributed by atoms with van der Waals surface area (Å²) in [7, 11) is 1.64. The average Bonchev–Trinajstić information content (AvgIpc) is 2.99. The molecule has 1 aromatic heterocycles. The number of rotatable bonds is 8. The Hall–Kier alpha value is -3.37. The average molecular weight is 424 g/mol. The monoisotopic (exact) mass is 423 g/mol. The molecule has 31 heavy (non-hydrogen) atoms. The molecule has 0 saturated carbocycles. The third-order valence-corrected chi connectivity index (χ3v) is 5.00. The molecular weight excluding hydrogens is 394 g/mol. The predicted molar refractivity (Wildman–Crippen MR) is 120 cm³/mol. The van der Waals surface area contributed by atoms with Crippen molar-refractivity contribution in [2.75, 3.05) is 25.6 Å². The maximum absolute atomic E-state index is 12.4. The maximum atomic E-state index is 12.4. The lowest BCUT2D eigenvalue weighted by Crippen LogP contribution is -2.21. The Morgan fingerprint density at radius 2 is 1.94 bits per heavy atom. The molecule has 0 bridgehead atoms. The number of methoxy groups -OCH3 is 1. The minimum Gasteiger partial charge on any atom is -0.451 e. The molecule has 0 aliphatic heterocycles. The van der Waals surface area contributed by atoms with E-state index in [1.807, 2.05) is 58.9 Å². The van der Waals surface area contributed by atoms with Crippen LogP contribution in [0.1, 0.15) is 41.0 Å². The number of benzene rings is 1. The van der Waals surface area contributed by atoms with Crippen molar-refractivity contribution in [3.8, 4) is 6.07 Å². The van der Waals surface area contributed by atoms with Gasteiger partial charge in [-0.1, -0.05) is 17.7 Å². The van der Waals surface area contributed by atoms with E-state index in [4.69, 9.17) is 9.47 Å². The lowest BCUT2D eigenvalue weighted by Gasteiger charge is -2.17. The zero-order valence-corrected chi connectivity index (χ0v) is 18.9. The number of aromatic nitrogens is 1. The van der Waals surface area contributed by atoms with Gasteiger partial charge in [0.05, 0.1) is 12.6 Å². The summed E-state index contributed by atoms with van der Waals surface area (Å²) < 4.78 is 12.4. The molecule has 1 heterocycles. The number of ether oxygens (including phenoxy) is 2. The van der Waals surface area contributed by atoms with Crippen molar-refractivity contribution in [1.82, 2.24) is 4.57 Å². The van der Waals surface area contributed by atoms with Gasteiger partial charge in [-0.3, -0.25) is 4.79 Å². The fourth-order valence-corrected chi connectivity index (χ4v) is 3.58. The highest BCUT2D eigenvalue weighted by Gasteiger charge is 2.17. The van der Waals surface area contributed by atoms with Gasteiger partial charge in [-0.25, -0.2) is 4.79 Å². The van der Waals surface area contributed by atoms with Gasteiger partial charge >= 0.3 is 5.97 Å². The fourth-order valence-electron chi connectivity index (χ4n) is 3.58. The van der Waals surface area contributed by atoms with E-state index in [0.717, 1.165) is 28.1 Å². The van der Waals surface area contributed by atoms with Crippen LogP contribution in [-0.2, 0) is 19.1 Å². The van der Waals surface area contributed by atoms with Crippen LogP contribution in [0.5, 0.6) is 0 Å². The Labute approximate surface area is 183 Å². The maximum Gasteiger partial charge on any atom is 0.349 e. The molecule has 0 saturated heterocycles. The zero-order valence-electron chi connectivity index (χ0n) is 18.9. The van der Waals surface area contributed by atoms with Crippen molar-refractivity contribution in [2.24, 2.45) is 0 Å². The Morgan fingerprint density at radius 1 is 1.23 bits per heavy atom. The van der Waals surface area contributed by atoms with Crippen molar-refractivity contribution in [3.05, 3.63) is 57.9 Å². The first-order valence-electron chi connectivity index (χ1n) is 10.0. The highest BCUT2D eigenvalue weighted by Crippen LogP contribution is 2.23. The van der Waals surface area contributed by atoms with Crippen molar-refractivity contribution in [2.45, 2.75) is 40.7 Å². The summed E-state index contributed by atoms with van der Waals surface area (Å²) >= 11 is 0. The van der Waals surface area contributed by atoms with Crippen LogP contribution in [0.4, 0.5) is 5.69 Å². The molecule has 7 heteroatoms. The molecule has 164 valence electrons. The van der Waals surface area contributed by atoms with Gasteiger partial charge in [-0.2, -0.15) is 5.26 Å². The molecule has 0 fully saturated rings. The van der Waals surface area contributed by atoms with Crippen LogP contribution in [0.25, 0.3) is 6.08 Å². The first-order valence-corrected chi connectivity index (χ1v) is 10.0. The van der Waals surface area contributed by atoms with Crippen molar-refractivity contribution >= 4 is 23.6 Å². The molecule has 0 spiro atoms. The summed E-state index contributed by atoms with van der Waals surface area (Å²) in [5.74, 6) is -1.31. The second-order valence-electron chi connectivity index (χ2n) is 7.61. The number of aryl methyl sites for hydroxylation is 3. The van der Waals surface area contributed by atoms with Gasteiger partial charge in [0.2, 0.25) is 0 Å². The van der Waals surface area contributed by atoms with Crippen LogP contribution in [-0.4, -0.2) is 36.8 Å². The molecule has 0 aliphatic rings. The van der Waals surface area contributed by atoms with Crippen molar-refractivity contribution in [3.63, 3.8) is 0 Å². The summed E-state index contributed by atoms with van der Waals surface area (Å²) in [5.41, 5.74) is 5.13. The van der Waals surface area contributed by atoms with Gasteiger partial charge in [0.15, 0.2) is 6.61 Å². The van der Waals surface area contributed by atoms with E-state index in [2.05, 4.69) is 9.88 Å². The Bertz CT molecular complexity index is 1040. The molecule has 1 N–H and O–H groups in total. The predicted octanol–water partition coefficient (Wildman–Crippen LogP) is 4.02. The quantitative estimate of drug-likeness (QED) is 0.393. The lowest BCUT2D eigenvalue weighted by molar-refractivity contribution is -0.142. The van der Waals surface area contributed by atoms with Crippen LogP contribution in [0.15, 0.2) is 29.8 Å². The highest BCUT2D eigenvalue weighted by molar-refractivity contribution is 6.00. The lowest BCUT2D eigenvalue weighted by atomic mass is 10.1. The smallest absolute Gasteiger partial charge is 0.349 e. The van der Waals surface area contributed by atoms with E-state index in [9.17, 15) is 14.9 Å². The largest absolute Gasteiger partial charge is 0.451 e. The second-order valence-corrected chi connectivity index (χ2v) is 7.61. The zero-order chi connectivity index (χ0) is 23.1. The number of esters is 1. The van der Waals surface area contributed by atoms with Crippen LogP contribution in [0.3, 0.4) is 0 Å². The standard InChI is InChI=1S/C24H29N3O4/c1-15-7-8-22(16(2)9-15)26-23(28)14-31-24(29)21(12-25)11-20-10-17(3)27(19(20)5)18(4)13-30-6/h7-11,18H,13-14H2,1-6H3,(H,26,28)/b21-11+/t18-/m0/s1. The third-order valence-electron chi connectivity index (χ3n) is 5.00. The number of carbonyl (C=O) groups is 2. The number of hydrogen-bond donors (Lipinski definition) is 1. The van der Waals surface area contributed by atoms with E-state index in [1.165, 1.54) is 6.08 Å².